The standard InChI is InChI=1S/C18H27NO/c1-15-9-7-8-12-17(15)19(3)13-18(2,14-20)16-10-5-4-6-11-16/h4-6,10-11,14-15,17H,7-9,12-13H2,1-3H3. The molecule has 0 radical (unpaired) electrons. The molecular weight excluding hydrogens is 246 g/mol. The Morgan fingerprint density at radius 1 is 1.25 bits per heavy atom. The maximum atomic E-state index is 11.7. The fourth-order valence-electron chi connectivity index (χ4n) is 3.60. The molecule has 1 aliphatic carbocycles. The minimum absolute atomic E-state index is 0.410. The predicted molar refractivity (Wildman–Crippen MR) is 83.9 cm³/mol. The first-order valence-electron chi connectivity index (χ1n) is 7.79. The smallest absolute Gasteiger partial charge is 0.131 e. The molecule has 3 atom stereocenters. The zero-order valence-corrected chi connectivity index (χ0v) is 13.0. The van der Waals surface area contributed by atoms with Gasteiger partial charge in [0.1, 0.15) is 6.29 Å². The SMILES string of the molecule is CC1CCCCC1N(C)CC(C)(C=O)c1ccccc1. The largest absolute Gasteiger partial charge is 0.302 e. The monoisotopic (exact) mass is 273 g/mol. The van der Waals surface area contributed by atoms with Crippen molar-refractivity contribution < 1.29 is 4.79 Å². The van der Waals surface area contributed by atoms with Crippen molar-refractivity contribution in [2.45, 2.75) is 51.0 Å². The number of nitrogens with zero attached hydrogens (tertiary/aromatic N) is 1. The van der Waals surface area contributed by atoms with Crippen LogP contribution in [-0.4, -0.2) is 30.8 Å². The molecule has 2 heteroatoms. The van der Waals surface area contributed by atoms with Gasteiger partial charge in [-0.15, -0.1) is 0 Å². The zero-order valence-electron chi connectivity index (χ0n) is 13.0. The number of benzene rings is 1. The maximum Gasteiger partial charge on any atom is 0.131 e. The summed E-state index contributed by atoms with van der Waals surface area (Å²) in [5.41, 5.74) is 0.706. The summed E-state index contributed by atoms with van der Waals surface area (Å²) in [7, 11) is 2.18. The van der Waals surface area contributed by atoms with E-state index in [0.29, 0.717) is 6.04 Å². The van der Waals surface area contributed by atoms with E-state index in [4.69, 9.17) is 0 Å². The third-order valence-electron chi connectivity index (χ3n) is 4.90. The van der Waals surface area contributed by atoms with Crippen molar-refractivity contribution in [3.8, 4) is 0 Å². The fraction of sp³-hybridized carbons (Fsp3) is 0.611. The van der Waals surface area contributed by atoms with Crippen molar-refractivity contribution in [2.75, 3.05) is 13.6 Å². The highest BCUT2D eigenvalue weighted by atomic mass is 16.1. The van der Waals surface area contributed by atoms with E-state index in [0.717, 1.165) is 24.3 Å². The minimum Gasteiger partial charge on any atom is -0.302 e. The Morgan fingerprint density at radius 2 is 1.90 bits per heavy atom. The van der Waals surface area contributed by atoms with Gasteiger partial charge in [0.25, 0.3) is 0 Å². The highest BCUT2D eigenvalue weighted by molar-refractivity contribution is 5.68. The number of rotatable bonds is 5. The molecule has 0 aliphatic heterocycles. The maximum absolute atomic E-state index is 11.7. The summed E-state index contributed by atoms with van der Waals surface area (Å²) >= 11 is 0. The summed E-state index contributed by atoms with van der Waals surface area (Å²) in [6.45, 7) is 5.20. The molecular formula is C18H27NO. The number of hydrogen-bond acceptors (Lipinski definition) is 2. The van der Waals surface area contributed by atoms with Crippen LogP contribution in [0.5, 0.6) is 0 Å². The van der Waals surface area contributed by atoms with Crippen LogP contribution in [0.3, 0.4) is 0 Å². The van der Waals surface area contributed by atoms with Gasteiger partial charge in [0, 0.05) is 12.6 Å². The van der Waals surface area contributed by atoms with Crippen LogP contribution in [0.4, 0.5) is 0 Å². The molecule has 0 heterocycles. The van der Waals surface area contributed by atoms with E-state index in [1.165, 1.54) is 25.7 Å². The lowest BCUT2D eigenvalue weighted by Gasteiger charge is -2.40. The highest BCUT2D eigenvalue weighted by Crippen LogP contribution is 2.30. The molecule has 20 heavy (non-hydrogen) atoms. The van der Waals surface area contributed by atoms with Crippen molar-refractivity contribution in [1.29, 1.82) is 0 Å². The molecule has 2 rings (SSSR count). The van der Waals surface area contributed by atoms with E-state index < -0.39 is 5.41 Å². The van der Waals surface area contributed by atoms with Crippen LogP contribution in [0, 0.1) is 5.92 Å². The summed E-state index contributed by atoms with van der Waals surface area (Å²) in [4.78, 5) is 14.1. The van der Waals surface area contributed by atoms with Crippen molar-refractivity contribution in [3.05, 3.63) is 35.9 Å². The lowest BCUT2D eigenvalue weighted by Crippen LogP contribution is -2.46. The zero-order chi connectivity index (χ0) is 14.6. The lowest BCUT2D eigenvalue weighted by molar-refractivity contribution is -0.113. The van der Waals surface area contributed by atoms with Crippen LogP contribution in [-0.2, 0) is 10.2 Å². The summed E-state index contributed by atoms with van der Waals surface area (Å²) in [6.07, 6.45) is 6.38. The first-order chi connectivity index (χ1) is 9.57. The summed E-state index contributed by atoms with van der Waals surface area (Å²) in [5.74, 6) is 0.737. The van der Waals surface area contributed by atoms with E-state index in [2.05, 4.69) is 37.9 Å². The Labute approximate surface area is 123 Å². The number of carbonyl (C=O) groups is 1. The first-order valence-corrected chi connectivity index (χ1v) is 7.79. The molecule has 0 aromatic heterocycles. The average Bonchev–Trinajstić information content (AvgIpc) is 2.48. The molecule has 0 saturated heterocycles. The Hall–Kier alpha value is -1.15. The summed E-state index contributed by atoms with van der Waals surface area (Å²) < 4.78 is 0. The molecule has 110 valence electrons. The average molecular weight is 273 g/mol. The van der Waals surface area contributed by atoms with Gasteiger partial charge in [0.15, 0.2) is 0 Å². The van der Waals surface area contributed by atoms with Gasteiger partial charge in [-0.25, -0.2) is 0 Å². The fourth-order valence-corrected chi connectivity index (χ4v) is 3.60. The van der Waals surface area contributed by atoms with Crippen LogP contribution >= 0.6 is 0 Å². The van der Waals surface area contributed by atoms with Crippen LogP contribution < -0.4 is 0 Å². The second kappa shape index (κ2) is 6.53. The van der Waals surface area contributed by atoms with E-state index in [9.17, 15) is 4.79 Å². The Kier molecular flexibility index (Phi) is 4.98. The first kappa shape index (κ1) is 15.2. The predicted octanol–water partition coefficient (Wildman–Crippen LogP) is 3.65. The topological polar surface area (TPSA) is 20.3 Å². The second-order valence-electron chi connectivity index (χ2n) is 6.65. The number of aldehydes is 1. The van der Waals surface area contributed by atoms with Crippen molar-refractivity contribution in [1.82, 2.24) is 4.90 Å². The second-order valence-corrected chi connectivity index (χ2v) is 6.65. The van der Waals surface area contributed by atoms with Gasteiger partial charge in [-0.05, 0) is 38.3 Å². The minimum atomic E-state index is -0.410. The quantitative estimate of drug-likeness (QED) is 0.763. The van der Waals surface area contributed by atoms with Gasteiger partial charge >= 0.3 is 0 Å². The molecule has 0 amide bonds. The molecule has 1 aliphatic rings. The Bertz CT molecular complexity index is 430. The number of carbonyl (C=O) groups excluding carboxylic acids is 1. The van der Waals surface area contributed by atoms with Crippen molar-refractivity contribution in [2.24, 2.45) is 5.92 Å². The van der Waals surface area contributed by atoms with Gasteiger partial charge in [-0.1, -0.05) is 50.1 Å². The van der Waals surface area contributed by atoms with Crippen LogP contribution in [0.1, 0.15) is 45.1 Å². The molecule has 1 fully saturated rings. The van der Waals surface area contributed by atoms with Gasteiger partial charge in [-0.2, -0.15) is 0 Å². The van der Waals surface area contributed by atoms with E-state index in [1.807, 2.05) is 18.2 Å². The molecule has 1 aromatic carbocycles. The number of hydrogen-bond donors (Lipinski definition) is 0. The summed E-state index contributed by atoms with van der Waals surface area (Å²) in [6, 6.07) is 10.8. The normalized spacial score (nSPS) is 26.2. The molecule has 1 saturated carbocycles. The van der Waals surface area contributed by atoms with Gasteiger partial charge in [-0.3, -0.25) is 0 Å². The van der Waals surface area contributed by atoms with Gasteiger partial charge < -0.3 is 9.69 Å². The van der Waals surface area contributed by atoms with Gasteiger partial charge in [0.2, 0.25) is 0 Å². The van der Waals surface area contributed by atoms with Gasteiger partial charge in [0.05, 0.1) is 5.41 Å². The molecule has 0 N–H and O–H groups in total. The lowest BCUT2D eigenvalue weighted by atomic mass is 9.80. The van der Waals surface area contributed by atoms with Crippen LogP contribution in [0.2, 0.25) is 0 Å². The molecule has 3 unspecified atom stereocenters. The molecule has 2 nitrogen and oxygen atoms in total. The third-order valence-corrected chi connectivity index (χ3v) is 4.90. The Morgan fingerprint density at radius 3 is 2.50 bits per heavy atom. The van der Waals surface area contributed by atoms with E-state index in [-0.39, 0.29) is 0 Å². The number of likely N-dealkylation sites (N-methyl/N-ethyl adjacent to an activating group) is 1. The summed E-state index contributed by atoms with van der Waals surface area (Å²) in [5, 5.41) is 0. The van der Waals surface area contributed by atoms with E-state index >= 15 is 0 Å². The van der Waals surface area contributed by atoms with Crippen LogP contribution in [0.15, 0.2) is 30.3 Å². The molecule has 0 spiro atoms. The van der Waals surface area contributed by atoms with E-state index in [1.54, 1.807) is 0 Å². The highest BCUT2D eigenvalue weighted by Gasteiger charge is 2.32. The Balaban J connectivity index is 2.11. The van der Waals surface area contributed by atoms with Crippen LogP contribution in [0.25, 0.3) is 0 Å². The van der Waals surface area contributed by atoms with Crippen molar-refractivity contribution >= 4 is 6.29 Å². The molecule has 0 bridgehead atoms. The molecule has 1 aromatic rings. The van der Waals surface area contributed by atoms with Crippen molar-refractivity contribution in [3.63, 3.8) is 0 Å². The third kappa shape index (κ3) is 3.29.